The summed E-state index contributed by atoms with van der Waals surface area (Å²) in [6.45, 7) is 0. The van der Waals surface area contributed by atoms with Crippen molar-refractivity contribution in [3.63, 3.8) is 0 Å². The Kier molecular flexibility index (Phi) is 4.70. The first-order valence-corrected chi connectivity index (χ1v) is 7.63. The summed E-state index contributed by atoms with van der Waals surface area (Å²) in [6, 6.07) is 14.2. The van der Waals surface area contributed by atoms with Gasteiger partial charge in [-0.2, -0.15) is 0 Å². The topological polar surface area (TPSA) is 69.7 Å². The maximum Gasteiger partial charge on any atom is 0.274 e. The van der Waals surface area contributed by atoms with E-state index >= 15 is 0 Å². The minimum Gasteiger partial charge on any atom is -0.497 e. The number of amides is 1. The molecule has 6 nitrogen and oxygen atoms in total. The zero-order valence-corrected chi connectivity index (χ0v) is 14.2. The molecule has 0 aliphatic rings. The third-order valence-corrected chi connectivity index (χ3v) is 3.79. The second-order valence-electron chi connectivity index (χ2n) is 5.28. The van der Waals surface area contributed by atoms with Crippen molar-refractivity contribution in [2.45, 2.75) is 0 Å². The van der Waals surface area contributed by atoms with Gasteiger partial charge in [-0.15, -0.1) is 0 Å². The van der Waals surface area contributed by atoms with Crippen molar-refractivity contribution in [1.29, 1.82) is 0 Å². The van der Waals surface area contributed by atoms with Gasteiger partial charge in [0.05, 0.1) is 32.5 Å². The largest absolute Gasteiger partial charge is 0.497 e. The van der Waals surface area contributed by atoms with Crippen LogP contribution in [-0.4, -0.2) is 32.2 Å². The van der Waals surface area contributed by atoms with E-state index in [1.807, 2.05) is 24.3 Å². The molecule has 0 spiro atoms. The maximum atomic E-state index is 12.5. The van der Waals surface area contributed by atoms with Crippen molar-refractivity contribution in [3.8, 4) is 17.2 Å². The molecule has 0 aliphatic heterocycles. The number of nitrogens with zero attached hydrogens (tertiary/aromatic N) is 1. The summed E-state index contributed by atoms with van der Waals surface area (Å²) in [5.74, 6) is 1.58. The highest BCUT2D eigenvalue weighted by Crippen LogP contribution is 2.29. The van der Waals surface area contributed by atoms with Gasteiger partial charge in [0, 0.05) is 11.5 Å². The van der Waals surface area contributed by atoms with Crippen LogP contribution in [0.2, 0.25) is 0 Å². The highest BCUT2D eigenvalue weighted by Gasteiger charge is 2.12. The molecule has 1 N–H and O–H groups in total. The zero-order valence-electron chi connectivity index (χ0n) is 14.2. The van der Waals surface area contributed by atoms with E-state index in [1.54, 1.807) is 38.5 Å². The monoisotopic (exact) mass is 338 g/mol. The van der Waals surface area contributed by atoms with Crippen molar-refractivity contribution in [2.75, 3.05) is 26.6 Å². The zero-order chi connectivity index (χ0) is 17.8. The van der Waals surface area contributed by atoms with Gasteiger partial charge in [-0.05, 0) is 36.4 Å². The number of pyridine rings is 1. The van der Waals surface area contributed by atoms with E-state index < -0.39 is 0 Å². The lowest BCUT2D eigenvalue weighted by Crippen LogP contribution is -2.14. The maximum absolute atomic E-state index is 12.5. The molecule has 0 bridgehead atoms. The predicted octanol–water partition coefficient (Wildman–Crippen LogP) is 3.51. The molecule has 6 heteroatoms. The number of hydrogen-bond donors (Lipinski definition) is 1. The molecule has 2 aromatic carbocycles. The fourth-order valence-electron chi connectivity index (χ4n) is 2.45. The summed E-state index contributed by atoms with van der Waals surface area (Å²) in [7, 11) is 4.71. The third-order valence-electron chi connectivity index (χ3n) is 3.79. The Hall–Kier alpha value is -3.28. The van der Waals surface area contributed by atoms with Gasteiger partial charge in [0.15, 0.2) is 0 Å². The lowest BCUT2D eigenvalue weighted by molar-refractivity contribution is 0.102. The molecule has 0 atom stereocenters. The first kappa shape index (κ1) is 16.6. The molecule has 0 saturated heterocycles. The van der Waals surface area contributed by atoms with Gasteiger partial charge in [0.2, 0.25) is 0 Å². The summed E-state index contributed by atoms with van der Waals surface area (Å²) in [6.07, 6.45) is 0. The number of hydrogen-bond acceptors (Lipinski definition) is 5. The number of carbonyl (C=O) groups is 1. The smallest absolute Gasteiger partial charge is 0.274 e. The highest BCUT2D eigenvalue weighted by molar-refractivity contribution is 6.04. The second kappa shape index (κ2) is 7.09. The van der Waals surface area contributed by atoms with Crippen LogP contribution in [-0.2, 0) is 0 Å². The molecule has 0 radical (unpaired) electrons. The number of benzene rings is 2. The number of carbonyl (C=O) groups excluding carboxylic acids is 1. The van der Waals surface area contributed by atoms with E-state index in [0.29, 0.717) is 22.9 Å². The van der Waals surface area contributed by atoms with Gasteiger partial charge >= 0.3 is 0 Å². The number of nitrogens with one attached hydrogen (secondary N) is 1. The van der Waals surface area contributed by atoms with Crippen LogP contribution >= 0.6 is 0 Å². The van der Waals surface area contributed by atoms with Gasteiger partial charge < -0.3 is 19.5 Å². The normalized spacial score (nSPS) is 10.4. The van der Waals surface area contributed by atoms with E-state index in [0.717, 1.165) is 16.7 Å². The average Bonchev–Trinajstić information content (AvgIpc) is 2.67. The van der Waals surface area contributed by atoms with Crippen molar-refractivity contribution in [3.05, 3.63) is 54.2 Å². The summed E-state index contributed by atoms with van der Waals surface area (Å²) < 4.78 is 15.6. The van der Waals surface area contributed by atoms with Crippen molar-refractivity contribution < 1.29 is 19.0 Å². The summed E-state index contributed by atoms with van der Waals surface area (Å²) in [5.41, 5.74) is 1.58. The second-order valence-corrected chi connectivity index (χ2v) is 5.28. The number of methoxy groups -OCH3 is 3. The molecule has 1 aromatic heterocycles. The Morgan fingerprint density at radius 2 is 1.60 bits per heavy atom. The molecular formula is C19H18N2O4. The van der Waals surface area contributed by atoms with Gasteiger partial charge in [-0.3, -0.25) is 4.79 Å². The SMILES string of the molecule is COc1ccc(NC(=O)c2ccc3cc(OC)ccc3n2)c(OC)c1. The van der Waals surface area contributed by atoms with Crippen LogP contribution in [0, 0.1) is 0 Å². The van der Waals surface area contributed by atoms with E-state index in [1.165, 1.54) is 7.11 Å². The van der Waals surface area contributed by atoms with Gasteiger partial charge in [-0.25, -0.2) is 4.98 Å². The van der Waals surface area contributed by atoms with E-state index in [9.17, 15) is 4.79 Å². The summed E-state index contributed by atoms with van der Waals surface area (Å²) in [4.78, 5) is 16.9. The summed E-state index contributed by atoms with van der Waals surface area (Å²) >= 11 is 0. The Bertz CT molecular complexity index is 924. The molecule has 1 heterocycles. The quantitative estimate of drug-likeness (QED) is 0.771. The van der Waals surface area contributed by atoms with Crippen molar-refractivity contribution in [2.24, 2.45) is 0 Å². The molecule has 3 aromatic rings. The van der Waals surface area contributed by atoms with Crippen LogP contribution < -0.4 is 19.5 Å². The van der Waals surface area contributed by atoms with Crippen LogP contribution in [0.4, 0.5) is 5.69 Å². The lowest BCUT2D eigenvalue weighted by atomic mass is 10.2. The van der Waals surface area contributed by atoms with E-state index in [4.69, 9.17) is 14.2 Å². The Balaban J connectivity index is 1.87. The molecule has 0 unspecified atom stereocenters. The van der Waals surface area contributed by atoms with Gasteiger partial charge in [-0.1, -0.05) is 6.07 Å². The molecule has 0 saturated carbocycles. The number of anilines is 1. The van der Waals surface area contributed by atoms with Gasteiger partial charge in [0.25, 0.3) is 5.91 Å². The molecular weight excluding hydrogens is 320 g/mol. The van der Waals surface area contributed by atoms with Crippen LogP contribution in [0.25, 0.3) is 10.9 Å². The summed E-state index contributed by atoms with van der Waals surface area (Å²) in [5, 5.41) is 3.71. The number of ether oxygens (including phenoxy) is 3. The van der Waals surface area contributed by atoms with Crippen LogP contribution in [0.15, 0.2) is 48.5 Å². The molecule has 25 heavy (non-hydrogen) atoms. The van der Waals surface area contributed by atoms with Gasteiger partial charge in [0.1, 0.15) is 22.9 Å². The number of aromatic nitrogens is 1. The third kappa shape index (κ3) is 3.47. The number of fused-ring (bicyclic) bond motifs is 1. The Morgan fingerprint density at radius 3 is 2.32 bits per heavy atom. The van der Waals surface area contributed by atoms with Crippen molar-refractivity contribution >= 4 is 22.5 Å². The minimum absolute atomic E-state index is 0.315. The lowest BCUT2D eigenvalue weighted by Gasteiger charge is -2.11. The highest BCUT2D eigenvalue weighted by atomic mass is 16.5. The first-order chi connectivity index (χ1) is 12.1. The Morgan fingerprint density at radius 1 is 0.880 bits per heavy atom. The molecule has 128 valence electrons. The fourth-order valence-corrected chi connectivity index (χ4v) is 2.45. The fraction of sp³-hybridized carbons (Fsp3) is 0.158. The molecule has 1 amide bonds. The first-order valence-electron chi connectivity index (χ1n) is 7.63. The van der Waals surface area contributed by atoms with Crippen LogP contribution in [0.5, 0.6) is 17.2 Å². The van der Waals surface area contributed by atoms with Crippen LogP contribution in [0.3, 0.4) is 0 Å². The van der Waals surface area contributed by atoms with E-state index in [2.05, 4.69) is 10.3 Å². The van der Waals surface area contributed by atoms with Crippen LogP contribution in [0.1, 0.15) is 10.5 Å². The predicted molar refractivity (Wildman–Crippen MR) is 95.8 cm³/mol. The molecule has 0 aliphatic carbocycles. The minimum atomic E-state index is -0.318. The molecule has 0 fully saturated rings. The average molecular weight is 338 g/mol. The standard InChI is InChI=1S/C19H18N2O4/c1-23-13-5-8-15-12(10-13)4-7-17(20-15)19(22)21-16-9-6-14(24-2)11-18(16)25-3/h4-11H,1-3H3,(H,21,22). The van der Waals surface area contributed by atoms with E-state index in [-0.39, 0.29) is 5.91 Å². The van der Waals surface area contributed by atoms with Crippen molar-refractivity contribution in [1.82, 2.24) is 4.98 Å². The molecule has 3 rings (SSSR count). The Labute approximate surface area is 145 Å². The number of rotatable bonds is 5.